The molecule has 1 heterocycles. The van der Waals surface area contributed by atoms with Crippen LogP contribution in [-0.4, -0.2) is 62.3 Å². The van der Waals surface area contributed by atoms with E-state index < -0.39 is 43.0 Å². The number of nitrogens with one attached hydrogen (secondary N) is 1. The average Bonchev–Trinajstić information content (AvgIpc) is 2.71. The van der Waals surface area contributed by atoms with E-state index in [0.717, 1.165) is 4.90 Å². The summed E-state index contributed by atoms with van der Waals surface area (Å²) >= 11 is 0. The van der Waals surface area contributed by atoms with Crippen molar-refractivity contribution in [1.29, 1.82) is 0 Å². The maximum atomic E-state index is 11.9. The molecule has 19 heavy (non-hydrogen) atoms. The van der Waals surface area contributed by atoms with Crippen LogP contribution in [0, 0.1) is 5.92 Å². The Morgan fingerprint density at radius 2 is 2.05 bits per heavy atom. The summed E-state index contributed by atoms with van der Waals surface area (Å²) in [5, 5.41) is 1.69. The van der Waals surface area contributed by atoms with Gasteiger partial charge in [0, 0.05) is 13.1 Å². The maximum absolute atomic E-state index is 11.9. The smallest absolute Gasteiger partial charge is 0.379 e. The standard InChI is InChI=1S/C10H16F3N3O3/c1-16(2-8(17)15-5-10(11,12)13)9(18)6-3-19-4-7(6)14/h6-7H,2-5,14H2,1H3,(H,15,17). The van der Waals surface area contributed by atoms with Gasteiger partial charge in [-0.1, -0.05) is 0 Å². The summed E-state index contributed by atoms with van der Waals surface area (Å²) in [6.45, 7) is -1.45. The fourth-order valence-electron chi connectivity index (χ4n) is 1.66. The third-order valence-electron chi connectivity index (χ3n) is 2.68. The molecule has 0 radical (unpaired) electrons. The van der Waals surface area contributed by atoms with E-state index in [1.54, 1.807) is 5.32 Å². The maximum Gasteiger partial charge on any atom is 0.405 e. The number of rotatable bonds is 4. The molecule has 2 atom stereocenters. The van der Waals surface area contributed by atoms with Crippen LogP contribution in [0.4, 0.5) is 13.2 Å². The van der Waals surface area contributed by atoms with Crippen molar-refractivity contribution in [3.63, 3.8) is 0 Å². The molecule has 0 saturated carbocycles. The Morgan fingerprint density at radius 3 is 2.53 bits per heavy atom. The van der Waals surface area contributed by atoms with Crippen LogP contribution in [0.3, 0.4) is 0 Å². The molecule has 0 spiro atoms. The van der Waals surface area contributed by atoms with Gasteiger partial charge in [-0.3, -0.25) is 9.59 Å². The second-order valence-corrected chi connectivity index (χ2v) is 4.39. The number of hydrogen-bond donors (Lipinski definition) is 2. The molecule has 0 aromatic rings. The molecule has 110 valence electrons. The molecule has 1 fully saturated rings. The third-order valence-corrected chi connectivity index (χ3v) is 2.68. The molecule has 0 aliphatic carbocycles. The number of alkyl halides is 3. The normalized spacial score (nSPS) is 23.2. The van der Waals surface area contributed by atoms with Crippen molar-refractivity contribution in [2.24, 2.45) is 11.7 Å². The fraction of sp³-hybridized carbons (Fsp3) is 0.800. The van der Waals surface area contributed by atoms with Gasteiger partial charge in [0.25, 0.3) is 0 Å². The predicted octanol–water partition coefficient (Wildman–Crippen LogP) is -0.903. The number of carbonyl (C=O) groups is 2. The van der Waals surface area contributed by atoms with Gasteiger partial charge in [0.2, 0.25) is 11.8 Å². The lowest BCUT2D eigenvalue weighted by atomic mass is 10.0. The van der Waals surface area contributed by atoms with Crippen molar-refractivity contribution < 1.29 is 27.5 Å². The highest BCUT2D eigenvalue weighted by molar-refractivity contribution is 5.86. The predicted molar refractivity (Wildman–Crippen MR) is 59.0 cm³/mol. The molecule has 9 heteroatoms. The van der Waals surface area contributed by atoms with Crippen LogP contribution in [0.1, 0.15) is 0 Å². The van der Waals surface area contributed by atoms with Gasteiger partial charge in [0.15, 0.2) is 0 Å². The van der Waals surface area contributed by atoms with Crippen molar-refractivity contribution in [3.8, 4) is 0 Å². The first-order valence-electron chi connectivity index (χ1n) is 5.62. The lowest BCUT2D eigenvalue weighted by Gasteiger charge is -2.22. The zero-order valence-corrected chi connectivity index (χ0v) is 10.4. The van der Waals surface area contributed by atoms with Crippen molar-refractivity contribution in [3.05, 3.63) is 0 Å². The fourth-order valence-corrected chi connectivity index (χ4v) is 1.66. The Labute approximate surface area is 108 Å². The van der Waals surface area contributed by atoms with Gasteiger partial charge in [-0.25, -0.2) is 0 Å². The molecule has 3 N–H and O–H groups in total. The molecule has 6 nitrogen and oxygen atoms in total. The second-order valence-electron chi connectivity index (χ2n) is 4.39. The van der Waals surface area contributed by atoms with Crippen LogP contribution in [0.5, 0.6) is 0 Å². The molecule has 2 unspecified atom stereocenters. The van der Waals surface area contributed by atoms with E-state index in [0.29, 0.717) is 0 Å². The quantitative estimate of drug-likeness (QED) is 0.700. The number of carbonyl (C=O) groups excluding carboxylic acids is 2. The first-order valence-corrected chi connectivity index (χ1v) is 5.62. The summed E-state index contributed by atoms with van der Waals surface area (Å²) < 4.78 is 40.7. The molecule has 1 saturated heterocycles. The minimum absolute atomic E-state index is 0.161. The number of ether oxygens (including phenoxy) is 1. The van der Waals surface area contributed by atoms with Crippen LogP contribution in [0.2, 0.25) is 0 Å². The monoisotopic (exact) mass is 283 g/mol. The first-order chi connectivity index (χ1) is 8.70. The zero-order valence-electron chi connectivity index (χ0n) is 10.4. The van der Waals surface area contributed by atoms with E-state index in [-0.39, 0.29) is 13.2 Å². The largest absolute Gasteiger partial charge is 0.405 e. The van der Waals surface area contributed by atoms with E-state index in [1.165, 1.54) is 7.05 Å². The molecule has 2 amide bonds. The van der Waals surface area contributed by atoms with Crippen molar-refractivity contribution >= 4 is 11.8 Å². The molecule has 0 bridgehead atoms. The van der Waals surface area contributed by atoms with Crippen molar-refractivity contribution in [2.45, 2.75) is 12.2 Å². The lowest BCUT2D eigenvalue weighted by molar-refractivity contribution is -0.143. The Bertz CT molecular complexity index is 349. The number of halogens is 3. The number of likely N-dealkylation sites (N-methyl/N-ethyl adjacent to an activating group) is 1. The zero-order chi connectivity index (χ0) is 14.6. The summed E-state index contributed by atoms with van der Waals surface area (Å²) in [7, 11) is 1.33. The van der Waals surface area contributed by atoms with Crippen LogP contribution < -0.4 is 11.1 Å². The minimum Gasteiger partial charge on any atom is -0.379 e. The van der Waals surface area contributed by atoms with Gasteiger partial charge in [-0.05, 0) is 0 Å². The van der Waals surface area contributed by atoms with E-state index in [4.69, 9.17) is 10.5 Å². The van der Waals surface area contributed by atoms with Crippen LogP contribution in [-0.2, 0) is 14.3 Å². The molecule has 1 aliphatic rings. The Hall–Kier alpha value is -1.35. The van der Waals surface area contributed by atoms with Crippen LogP contribution in [0.25, 0.3) is 0 Å². The van der Waals surface area contributed by atoms with Crippen molar-refractivity contribution in [2.75, 3.05) is 33.4 Å². The molecule has 1 rings (SSSR count). The first kappa shape index (κ1) is 15.7. The molecular formula is C10H16F3N3O3. The number of nitrogens with two attached hydrogens (primary N) is 1. The van der Waals surface area contributed by atoms with Gasteiger partial charge < -0.3 is 20.7 Å². The highest BCUT2D eigenvalue weighted by atomic mass is 19.4. The molecular weight excluding hydrogens is 267 g/mol. The van der Waals surface area contributed by atoms with Crippen molar-refractivity contribution in [1.82, 2.24) is 10.2 Å². The SMILES string of the molecule is CN(CC(=O)NCC(F)(F)F)C(=O)C1COCC1N. The molecule has 1 aliphatic heterocycles. The minimum atomic E-state index is -4.47. The number of hydrogen-bond acceptors (Lipinski definition) is 4. The van der Waals surface area contributed by atoms with E-state index >= 15 is 0 Å². The molecule has 0 aromatic carbocycles. The third kappa shape index (κ3) is 5.03. The van der Waals surface area contributed by atoms with Gasteiger partial charge in [-0.2, -0.15) is 13.2 Å². The van der Waals surface area contributed by atoms with E-state index in [2.05, 4.69) is 0 Å². The second kappa shape index (κ2) is 6.20. The van der Waals surface area contributed by atoms with E-state index in [1.807, 2.05) is 0 Å². The Kier molecular flexibility index (Phi) is 5.12. The average molecular weight is 283 g/mol. The van der Waals surface area contributed by atoms with Gasteiger partial charge in [0.05, 0.1) is 25.7 Å². The Balaban J connectivity index is 2.39. The topological polar surface area (TPSA) is 84.7 Å². The number of amides is 2. The highest BCUT2D eigenvalue weighted by Crippen LogP contribution is 2.14. The van der Waals surface area contributed by atoms with Crippen LogP contribution >= 0.6 is 0 Å². The molecule has 0 aromatic heterocycles. The van der Waals surface area contributed by atoms with E-state index in [9.17, 15) is 22.8 Å². The summed E-state index contributed by atoms with van der Waals surface area (Å²) in [4.78, 5) is 24.1. The summed E-state index contributed by atoms with van der Waals surface area (Å²) in [5.41, 5.74) is 5.64. The van der Waals surface area contributed by atoms with Gasteiger partial charge >= 0.3 is 6.18 Å². The van der Waals surface area contributed by atoms with Crippen LogP contribution in [0.15, 0.2) is 0 Å². The summed E-state index contributed by atoms with van der Waals surface area (Å²) in [5.74, 6) is -1.84. The van der Waals surface area contributed by atoms with Gasteiger partial charge in [0.1, 0.15) is 6.54 Å². The summed E-state index contributed by atoms with van der Waals surface area (Å²) in [6, 6.07) is -0.451. The highest BCUT2D eigenvalue weighted by Gasteiger charge is 2.34. The van der Waals surface area contributed by atoms with Gasteiger partial charge in [-0.15, -0.1) is 0 Å². The lowest BCUT2D eigenvalue weighted by Crippen LogP contribution is -2.46. The number of nitrogens with zero attached hydrogens (tertiary/aromatic N) is 1. The Morgan fingerprint density at radius 1 is 1.42 bits per heavy atom. The summed E-state index contributed by atoms with van der Waals surface area (Å²) in [6.07, 6.45) is -4.47.